The molecule has 0 aromatic heterocycles. The molecule has 0 heterocycles. The Morgan fingerprint density at radius 3 is 2.40 bits per heavy atom. The summed E-state index contributed by atoms with van der Waals surface area (Å²) in [6, 6.07) is 0.698. The van der Waals surface area contributed by atoms with Crippen molar-refractivity contribution in [2.45, 2.75) is 58.4 Å². The highest BCUT2D eigenvalue weighted by Gasteiger charge is 2.00. The maximum absolute atomic E-state index is 3.59. The van der Waals surface area contributed by atoms with E-state index in [9.17, 15) is 0 Å². The van der Waals surface area contributed by atoms with Crippen LogP contribution in [0.2, 0.25) is 0 Å². The van der Waals surface area contributed by atoms with E-state index in [1.54, 1.807) is 0 Å². The van der Waals surface area contributed by atoms with Crippen LogP contribution in [-0.4, -0.2) is 38.1 Å². The molecule has 0 aliphatic carbocycles. The second kappa shape index (κ2) is 10.4. The lowest BCUT2D eigenvalue weighted by Crippen LogP contribution is -2.29. The first-order chi connectivity index (χ1) is 7.16. The molecule has 0 bridgehead atoms. The van der Waals surface area contributed by atoms with Gasteiger partial charge in [-0.1, -0.05) is 32.6 Å². The Bertz CT molecular complexity index is 124. The summed E-state index contributed by atoms with van der Waals surface area (Å²) >= 11 is 0. The lowest BCUT2D eigenvalue weighted by Gasteiger charge is -2.15. The van der Waals surface area contributed by atoms with Crippen LogP contribution in [0.25, 0.3) is 0 Å². The number of rotatable bonds is 10. The monoisotopic (exact) mass is 214 g/mol. The van der Waals surface area contributed by atoms with Gasteiger partial charge in [-0.05, 0) is 47.0 Å². The lowest BCUT2D eigenvalue weighted by atomic mass is 10.1. The Morgan fingerprint density at radius 1 is 1.07 bits per heavy atom. The van der Waals surface area contributed by atoms with Crippen LogP contribution < -0.4 is 5.32 Å². The standard InChI is InChI=1S/C13H30N2/c1-5-6-7-8-10-13(2)14-11-9-12-15(3)4/h13-14H,5-12H2,1-4H3/t13-/m1/s1. The van der Waals surface area contributed by atoms with Gasteiger partial charge >= 0.3 is 0 Å². The average Bonchev–Trinajstić information content (AvgIpc) is 2.19. The molecule has 0 aromatic rings. The fourth-order valence-corrected chi connectivity index (χ4v) is 1.72. The molecule has 2 heteroatoms. The minimum atomic E-state index is 0.698. The Hall–Kier alpha value is -0.0800. The molecule has 0 amide bonds. The molecule has 0 fully saturated rings. The van der Waals surface area contributed by atoms with Crippen molar-refractivity contribution in [1.29, 1.82) is 0 Å². The summed E-state index contributed by atoms with van der Waals surface area (Å²) in [6.45, 7) is 6.92. The van der Waals surface area contributed by atoms with Crippen molar-refractivity contribution in [1.82, 2.24) is 10.2 Å². The highest BCUT2D eigenvalue weighted by atomic mass is 15.1. The SMILES string of the molecule is CCCCCC[C@@H](C)NCCCN(C)C. The molecule has 0 unspecified atom stereocenters. The number of hydrogen-bond donors (Lipinski definition) is 1. The van der Waals surface area contributed by atoms with Gasteiger partial charge in [0.05, 0.1) is 0 Å². The average molecular weight is 214 g/mol. The summed E-state index contributed by atoms with van der Waals surface area (Å²) in [4.78, 5) is 2.24. The number of nitrogens with one attached hydrogen (secondary N) is 1. The molecular weight excluding hydrogens is 184 g/mol. The van der Waals surface area contributed by atoms with Crippen molar-refractivity contribution in [3.05, 3.63) is 0 Å². The Labute approximate surface area is 96.4 Å². The lowest BCUT2D eigenvalue weighted by molar-refractivity contribution is 0.383. The van der Waals surface area contributed by atoms with E-state index in [1.807, 2.05) is 0 Å². The molecule has 0 spiro atoms. The quantitative estimate of drug-likeness (QED) is 0.563. The minimum absolute atomic E-state index is 0.698. The van der Waals surface area contributed by atoms with E-state index in [0.717, 1.165) is 6.54 Å². The predicted molar refractivity (Wildman–Crippen MR) is 69.4 cm³/mol. The molecule has 0 aliphatic rings. The third kappa shape index (κ3) is 11.8. The highest BCUT2D eigenvalue weighted by molar-refractivity contribution is 4.61. The van der Waals surface area contributed by atoms with Gasteiger partial charge in [0.1, 0.15) is 0 Å². The van der Waals surface area contributed by atoms with Crippen LogP contribution in [0.1, 0.15) is 52.4 Å². The molecule has 2 nitrogen and oxygen atoms in total. The maximum atomic E-state index is 3.59. The molecule has 92 valence electrons. The van der Waals surface area contributed by atoms with E-state index in [2.05, 4.69) is 38.2 Å². The van der Waals surface area contributed by atoms with Crippen molar-refractivity contribution in [2.24, 2.45) is 0 Å². The van der Waals surface area contributed by atoms with Gasteiger partial charge in [-0.2, -0.15) is 0 Å². The third-order valence-electron chi connectivity index (χ3n) is 2.77. The molecule has 15 heavy (non-hydrogen) atoms. The summed E-state index contributed by atoms with van der Waals surface area (Å²) in [7, 11) is 4.27. The number of nitrogens with zero attached hydrogens (tertiary/aromatic N) is 1. The summed E-state index contributed by atoms with van der Waals surface area (Å²) in [6.07, 6.45) is 8.11. The molecule has 0 aromatic carbocycles. The maximum Gasteiger partial charge on any atom is 0.00387 e. The van der Waals surface area contributed by atoms with Crippen LogP contribution in [0.5, 0.6) is 0 Å². The largest absolute Gasteiger partial charge is 0.314 e. The zero-order valence-corrected chi connectivity index (χ0v) is 11.2. The smallest absolute Gasteiger partial charge is 0.00387 e. The predicted octanol–water partition coefficient (Wildman–Crippen LogP) is 2.89. The number of unbranched alkanes of at least 4 members (excludes halogenated alkanes) is 3. The molecule has 0 radical (unpaired) electrons. The fourth-order valence-electron chi connectivity index (χ4n) is 1.72. The van der Waals surface area contributed by atoms with Gasteiger partial charge in [-0.3, -0.25) is 0 Å². The van der Waals surface area contributed by atoms with E-state index < -0.39 is 0 Å². The zero-order chi connectivity index (χ0) is 11.5. The van der Waals surface area contributed by atoms with Gasteiger partial charge < -0.3 is 10.2 Å². The Balaban J connectivity index is 3.15. The topological polar surface area (TPSA) is 15.3 Å². The van der Waals surface area contributed by atoms with E-state index >= 15 is 0 Å². The van der Waals surface area contributed by atoms with Crippen LogP contribution in [0, 0.1) is 0 Å². The van der Waals surface area contributed by atoms with Gasteiger partial charge in [0.2, 0.25) is 0 Å². The van der Waals surface area contributed by atoms with E-state index in [0.29, 0.717) is 6.04 Å². The summed E-state index contributed by atoms with van der Waals surface area (Å²) in [5.74, 6) is 0. The second-order valence-corrected chi connectivity index (χ2v) is 4.86. The molecule has 0 rings (SSSR count). The Kier molecular flexibility index (Phi) is 10.4. The Morgan fingerprint density at radius 2 is 1.80 bits per heavy atom. The molecule has 0 saturated carbocycles. The normalized spacial score (nSPS) is 13.4. The fraction of sp³-hybridized carbons (Fsp3) is 1.00. The van der Waals surface area contributed by atoms with E-state index in [4.69, 9.17) is 0 Å². The van der Waals surface area contributed by atoms with E-state index in [-0.39, 0.29) is 0 Å². The third-order valence-corrected chi connectivity index (χ3v) is 2.77. The molecule has 1 atom stereocenters. The van der Waals surface area contributed by atoms with Gasteiger partial charge in [0, 0.05) is 6.04 Å². The molecule has 1 N–H and O–H groups in total. The van der Waals surface area contributed by atoms with Crippen molar-refractivity contribution in [3.8, 4) is 0 Å². The van der Waals surface area contributed by atoms with Gasteiger partial charge in [-0.15, -0.1) is 0 Å². The minimum Gasteiger partial charge on any atom is -0.314 e. The van der Waals surface area contributed by atoms with Crippen LogP contribution in [0.3, 0.4) is 0 Å². The molecule has 0 saturated heterocycles. The van der Waals surface area contributed by atoms with Crippen LogP contribution in [-0.2, 0) is 0 Å². The first kappa shape index (κ1) is 14.9. The van der Waals surface area contributed by atoms with Gasteiger partial charge in [0.15, 0.2) is 0 Å². The summed E-state index contributed by atoms with van der Waals surface area (Å²) in [5.41, 5.74) is 0. The summed E-state index contributed by atoms with van der Waals surface area (Å²) in [5, 5.41) is 3.59. The van der Waals surface area contributed by atoms with Gasteiger partial charge in [-0.25, -0.2) is 0 Å². The van der Waals surface area contributed by atoms with Crippen molar-refractivity contribution >= 4 is 0 Å². The molecular formula is C13H30N2. The van der Waals surface area contributed by atoms with Crippen molar-refractivity contribution < 1.29 is 0 Å². The van der Waals surface area contributed by atoms with E-state index in [1.165, 1.54) is 45.1 Å². The van der Waals surface area contributed by atoms with Crippen LogP contribution >= 0.6 is 0 Å². The second-order valence-electron chi connectivity index (χ2n) is 4.86. The van der Waals surface area contributed by atoms with Crippen LogP contribution in [0.4, 0.5) is 0 Å². The summed E-state index contributed by atoms with van der Waals surface area (Å²) < 4.78 is 0. The highest BCUT2D eigenvalue weighted by Crippen LogP contribution is 2.04. The number of hydrogen-bond acceptors (Lipinski definition) is 2. The van der Waals surface area contributed by atoms with Crippen LogP contribution in [0.15, 0.2) is 0 Å². The van der Waals surface area contributed by atoms with Crippen molar-refractivity contribution in [3.63, 3.8) is 0 Å². The first-order valence-electron chi connectivity index (χ1n) is 6.55. The molecule has 0 aliphatic heterocycles. The van der Waals surface area contributed by atoms with Crippen molar-refractivity contribution in [2.75, 3.05) is 27.2 Å². The zero-order valence-electron chi connectivity index (χ0n) is 11.2. The van der Waals surface area contributed by atoms with Gasteiger partial charge in [0.25, 0.3) is 0 Å². The first-order valence-corrected chi connectivity index (χ1v) is 6.55.